The Balaban J connectivity index is 1.46. The van der Waals surface area contributed by atoms with Gasteiger partial charge in [0.25, 0.3) is 0 Å². The van der Waals surface area contributed by atoms with Crippen LogP contribution >= 0.6 is 15.9 Å². The van der Waals surface area contributed by atoms with Gasteiger partial charge in [0.2, 0.25) is 11.7 Å². The first kappa shape index (κ1) is 18.0. The lowest BCUT2D eigenvalue weighted by molar-refractivity contribution is -0.142. The van der Waals surface area contributed by atoms with Gasteiger partial charge in [0.05, 0.1) is 6.42 Å². The van der Waals surface area contributed by atoms with Crippen molar-refractivity contribution in [1.82, 2.24) is 10.1 Å². The average Bonchev–Trinajstić information content (AvgIpc) is 3.15. The first-order valence-electron chi connectivity index (χ1n) is 7.94. The normalized spacial score (nSPS) is 10.5. The molecule has 2 aromatic carbocycles. The van der Waals surface area contributed by atoms with E-state index < -0.39 is 5.97 Å². The first-order valence-corrected chi connectivity index (χ1v) is 8.73. The van der Waals surface area contributed by atoms with Crippen molar-refractivity contribution >= 4 is 27.7 Å². The highest BCUT2D eigenvalue weighted by molar-refractivity contribution is 9.10. The second-order valence-corrected chi connectivity index (χ2v) is 6.38. The average molecular weight is 415 g/mol. The fourth-order valence-electron chi connectivity index (χ4n) is 2.21. The van der Waals surface area contributed by atoms with Gasteiger partial charge in [-0.3, -0.25) is 9.59 Å². The Kier molecular flexibility index (Phi) is 5.91. The Morgan fingerprint density at radius 1 is 1.04 bits per heavy atom. The Morgan fingerprint density at radius 2 is 1.77 bits per heavy atom. The largest absolute Gasteiger partial charge is 0.457 e. The van der Waals surface area contributed by atoms with Gasteiger partial charge in [0.1, 0.15) is 0 Å². The molecule has 1 heterocycles. The highest BCUT2D eigenvalue weighted by Crippen LogP contribution is 2.15. The van der Waals surface area contributed by atoms with Crippen molar-refractivity contribution in [1.29, 1.82) is 0 Å². The van der Waals surface area contributed by atoms with Crippen molar-refractivity contribution in [3.05, 3.63) is 70.5 Å². The third-order valence-corrected chi connectivity index (χ3v) is 4.10. The zero-order chi connectivity index (χ0) is 18.4. The molecular weight excluding hydrogens is 400 g/mol. The van der Waals surface area contributed by atoms with Crippen LogP contribution in [-0.4, -0.2) is 28.5 Å². The van der Waals surface area contributed by atoms with Crippen molar-refractivity contribution < 1.29 is 18.8 Å². The van der Waals surface area contributed by atoms with Gasteiger partial charge in [-0.1, -0.05) is 63.6 Å². The molecule has 0 unspecified atom stereocenters. The quantitative estimate of drug-likeness (QED) is 0.431. The van der Waals surface area contributed by atoms with Crippen LogP contribution in [0.4, 0.5) is 0 Å². The molecule has 0 aliphatic rings. The summed E-state index contributed by atoms with van der Waals surface area (Å²) in [6, 6.07) is 16.3. The Hall–Kier alpha value is -2.80. The Bertz CT molecular complexity index is 891. The number of Topliss-reactive ketones (excluding diaryl/α,β-unsaturated/α-hetero) is 1. The number of benzene rings is 2. The van der Waals surface area contributed by atoms with E-state index in [1.165, 1.54) is 0 Å². The Labute approximate surface area is 158 Å². The lowest BCUT2D eigenvalue weighted by atomic mass is 10.1. The van der Waals surface area contributed by atoms with E-state index >= 15 is 0 Å². The minimum atomic E-state index is -0.491. The number of ether oxygens (including phenoxy) is 1. The van der Waals surface area contributed by atoms with E-state index in [1.807, 2.05) is 30.3 Å². The third-order valence-electron chi connectivity index (χ3n) is 3.57. The summed E-state index contributed by atoms with van der Waals surface area (Å²) < 4.78 is 11.0. The molecule has 132 valence electrons. The molecule has 7 heteroatoms. The summed E-state index contributed by atoms with van der Waals surface area (Å²) in [6.45, 7) is -0.292. The van der Waals surface area contributed by atoms with E-state index in [4.69, 9.17) is 9.26 Å². The molecular formula is C19H15BrN2O4. The number of nitrogens with zero attached hydrogens (tertiary/aromatic N) is 2. The van der Waals surface area contributed by atoms with Gasteiger partial charge >= 0.3 is 5.97 Å². The lowest BCUT2D eigenvalue weighted by Crippen LogP contribution is -2.14. The lowest BCUT2D eigenvalue weighted by Gasteiger charge is -2.03. The van der Waals surface area contributed by atoms with Crippen molar-refractivity contribution in [3.63, 3.8) is 0 Å². The van der Waals surface area contributed by atoms with Crippen molar-refractivity contribution in [2.75, 3.05) is 6.61 Å². The van der Waals surface area contributed by atoms with E-state index in [9.17, 15) is 9.59 Å². The standard InChI is InChI=1S/C19H15BrN2O4/c20-15-8-6-13(7-9-15)16(23)12-25-18(24)11-10-17-21-19(22-26-17)14-4-2-1-3-5-14/h1-9H,10-12H2. The van der Waals surface area contributed by atoms with Crippen LogP contribution in [0.1, 0.15) is 22.7 Å². The minimum Gasteiger partial charge on any atom is -0.457 e. The van der Waals surface area contributed by atoms with Crippen LogP contribution in [0.3, 0.4) is 0 Å². The molecule has 0 atom stereocenters. The maximum atomic E-state index is 12.0. The fourth-order valence-corrected chi connectivity index (χ4v) is 2.47. The number of esters is 1. The number of hydrogen-bond donors (Lipinski definition) is 0. The summed E-state index contributed by atoms with van der Waals surface area (Å²) >= 11 is 3.30. The van der Waals surface area contributed by atoms with Gasteiger partial charge in [-0.05, 0) is 12.1 Å². The molecule has 3 aromatic rings. The van der Waals surface area contributed by atoms with Gasteiger partial charge < -0.3 is 9.26 Å². The molecule has 3 rings (SSSR count). The van der Waals surface area contributed by atoms with Crippen LogP contribution in [-0.2, 0) is 16.0 Å². The Morgan fingerprint density at radius 3 is 2.50 bits per heavy atom. The predicted molar refractivity (Wildman–Crippen MR) is 97.5 cm³/mol. The molecule has 0 saturated heterocycles. The van der Waals surface area contributed by atoms with E-state index in [0.717, 1.165) is 10.0 Å². The predicted octanol–water partition coefficient (Wildman–Crippen LogP) is 3.86. The van der Waals surface area contributed by atoms with E-state index in [-0.39, 0.29) is 25.2 Å². The third kappa shape index (κ3) is 4.86. The first-order chi connectivity index (χ1) is 12.6. The number of aryl methyl sites for hydroxylation is 1. The van der Waals surface area contributed by atoms with Crippen LogP contribution in [0.5, 0.6) is 0 Å². The number of aromatic nitrogens is 2. The monoisotopic (exact) mass is 414 g/mol. The molecule has 0 bridgehead atoms. The molecule has 0 amide bonds. The molecule has 26 heavy (non-hydrogen) atoms. The summed E-state index contributed by atoms with van der Waals surface area (Å²) in [6.07, 6.45) is 0.315. The molecule has 0 spiro atoms. The number of halogens is 1. The zero-order valence-corrected chi connectivity index (χ0v) is 15.3. The highest BCUT2D eigenvalue weighted by atomic mass is 79.9. The fraction of sp³-hybridized carbons (Fsp3) is 0.158. The number of ketones is 1. The smallest absolute Gasteiger partial charge is 0.306 e. The minimum absolute atomic E-state index is 0.0596. The second kappa shape index (κ2) is 8.53. The van der Waals surface area contributed by atoms with Crippen LogP contribution < -0.4 is 0 Å². The maximum absolute atomic E-state index is 12.0. The van der Waals surface area contributed by atoms with Crippen LogP contribution in [0.25, 0.3) is 11.4 Å². The summed E-state index contributed by atoms with van der Waals surface area (Å²) in [7, 11) is 0. The van der Waals surface area contributed by atoms with Crippen LogP contribution in [0, 0.1) is 0 Å². The number of hydrogen-bond acceptors (Lipinski definition) is 6. The topological polar surface area (TPSA) is 82.3 Å². The van der Waals surface area contributed by atoms with E-state index in [2.05, 4.69) is 26.1 Å². The summed E-state index contributed by atoms with van der Waals surface area (Å²) in [5.74, 6) is 0.0735. The van der Waals surface area contributed by atoms with Crippen LogP contribution in [0.2, 0.25) is 0 Å². The molecule has 0 N–H and O–H groups in total. The van der Waals surface area contributed by atoms with Gasteiger partial charge in [-0.25, -0.2) is 0 Å². The van der Waals surface area contributed by atoms with E-state index in [0.29, 0.717) is 17.3 Å². The second-order valence-electron chi connectivity index (χ2n) is 5.47. The van der Waals surface area contributed by atoms with Gasteiger partial charge in [0.15, 0.2) is 12.4 Å². The van der Waals surface area contributed by atoms with Crippen molar-refractivity contribution in [2.45, 2.75) is 12.8 Å². The molecule has 0 saturated carbocycles. The highest BCUT2D eigenvalue weighted by Gasteiger charge is 2.13. The summed E-state index contributed by atoms with van der Waals surface area (Å²) in [4.78, 5) is 28.0. The van der Waals surface area contributed by atoms with Crippen molar-refractivity contribution in [3.8, 4) is 11.4 Å². The van der Waals surface area contributed by atoms with Crippen molar-refractivity contribution in [2.24, 2.45) is 0 Å². The number of carbonyl (C=O) groups is 2. The molecule has 0 aliphatic heterocycles. The molecule has 0 radical (unpaired) electrons. The summed E-state index contributed by atoms with van der Waals surface area (Å²) in [5.41, 5.74) is 1.33. The van der Waals surface area contributed by atoms with Gasteiger partial charge in [0, 0.05) is 22.0 Å². The van der Waals surface area contributed by atoms with E-state index in [1.54, 1.807) is 24.3 Å². The number of rotatable bonds is 7. The maximum Gasteiger partial charge on any atom is 0.306 e. The molecule has 0 fully saturated rings. The zero-order valence-electron chi connectivity index (χ0n) is 13.7. The number of carbonyl (C=O) groups excluding carboxylic acids is 2. The molecule has 0 aliphatic carbocycles. The van der Waals surface area contributed by atoms with Gasteiger partial charge in [-0.2, -0.15) is 4.98 Å². The van der Waals surface area contributed by atoms with Crippen LogP contribution in [0.15, 0.2) is 63.6 Å². The SMILES string of the molecule is O=C(CCc1nc(-c2ccccc2)no1)OCC(=O)c1ccc(Br)cc1. The summed E-state index contributed by atoms with van der Waals surface area (Å²) in [5, 5.41) is 3.89. The molecule has 1 aromatic heterocycles. The van der Waals surface area contributed by atoms with Gasteiger partial charge in [-0.15, -0.1) is 0 Å². The molecule has 6 nitrogen and oxygen atoms in total.